The lowest BCUT2D eigenvalue weighted by molar-refractivity contribution is 0.0981. The van der Waals surface area contributed by atoms with Crippen molar-refractivity contribution in [2.75, 3.05) is 18.1 Å². The Bertz CT molecular complexity index is 694. The van der Waals surface area contributed by atoms with E-state index in [2.05, 4.69) is 25.1 Å². The van der Waals surface area contributed by atoms with Gasteiger partial charge in [-0.25, -0.2) is 0 Å². The van der Waals surface area contributed by atoms with E-state index >= 15 is 0 Å². The number of benzene rings is 2. The zero-order valence-electron chi connectivity index (χ0n) is 13.1. The SMILES string of the molecule is CCOc1ccccc1C(=O)N1CCCc2cccc(C)c21. The van der Waals surface area contributed by atoms with Crippen molar-refractivity contribution in [3.8, 4) is 5.75 Å². The molecule has 0 fully saturated rings. The van der Waals surface area contributed by atoms with Crippen LogP contribution in [0.4, 0.5) is 5.69 Å². The topological polar surface area (TPSA) is 29.5 Å². The van der Waals surface area contributed by atoms with Gasteiger partial charge in [-0.05, 0) is 49.9 Å². The number of hydrogen-bond donors (Lipinski definition) is 0. The Morgan fingerprint density at radius 3 is 2.82 bits per heavy atom. The van der Waals surface area contributed by atoms with E-state index in [1.807, 2.05) is 36.1 Å². The Morgan fingerprint density at radius 2 is 2.00 bits per heavy atom. The molecule has 0 saturated heterocycles. The first-order valence-corrected chi connectivity index (χ1v) is 7.84. The first-order chi connectivity index (χ1) is 10.7. The maximum Gasteiger partial charge on any atom is 0.262 e. The Morgan fingerprint density at radius 1 is 1.18 bits per heavy atom. The lowest BCUT2D eigenvalue weighted by Crippen LogP contribution is -2.36. The summed E-state index contributed by atoms with van der Waals surface area (Å²) in [6.07, 6.45) is 2.03. The van der Waals surface area contributed by atoms with Crippen molar-refractivity contribution >= 4 is 11.6 Å². The van der Waals surface area contributed by atoms with E-state index in [0.717, 1.165) is 30.6 Å². The number of nitrogens with zero attached hydrogens (tertiary/aromatic N) is 1. The third kappa shape index (κ3) is 2.59. The molecular formula is C19H21NO2. The fourth-order valence-corrected chi connectivity index (χ4v) is 3.12. The van der Waals surface area contributed by atoms with Gasteiger partial charge in [0, 0.05) is 6.54 Å². The van der Waals surface area contributed by atoms with Crippen molar-refractivity contribution in [3.05, 3.63) is 59.2 Å². The van der Waals surface area contributed by atoms with E-state index in [4.69, 9.17) is 4.74 Å². The molecule has 0 saturated carbocycles. The van der Waals surface area contributed by atoms with Crippen LogP contribution in [-0.2, 0) is 6.42 Å². The quantitative estimate of drug-likeness (QED) is 0.857. The van der Waals surface area contributed by atoms with Crippen LogP contribution in [0.25, 0.3) is 0 Å². The fourth-order valence-electron chi connectivity index (χ4n) is 3.12. The molecule has 0 atom stereocenters. The number of anilines is 1. The highest BCUT2D eigenvalue weighted by Gasteiger charge is 2.26. The molecular weight excluding hydrogens is 274 g/mol. The van der Waals surface area contributed by atoms with Gasteiger partial charge in [-0.1, -0.05) is 30.3 Å². The molecule has 2 aromatic carbocycles. The minimum absolute atomic E-state index is 0.0271. The predicted octanol–water partition coefficient (Wildman–Crippen LogP) is 3.99. The summed E-state index contributed by atoms with van der Waals surface area (Å²) in [6, 6.07) is 13.8. The number of para-hydroxylation sites is 2. The maximum atomic E-state index is 13.1. The van der Waals surface area contributed by atoms with Gasteiger partial charge in [-0.15, -0.1) is 0 Å². The van der Waals surface area contributed by atoms with E-state index in [1.165, 1.54) is 5.56 Å². The van der Waals surface area contributed by atoms with Gasteiger partial charge in [-0.3, -0.25) is 4.79 Å². The largest absolute Gasteiger partial charge is 0.493 e. The van der Waals surface area contributed by atoms with Crippen LogP contribution >= 0.6 is 0 Å². The van der Waals surface area contributed by atoms with Crippen LogP contribution in [0.15, 0.2) is 42.5 Å². The van der Waals surface area contributed by atoms with Crippen molar-refractivity contribution in [2.45, 2.75) is 26.7 Å². The van der Waals surface area contributed by atoms with Crippen LogP contribution in [-0.4, -0.2) is 19.1 Å². The molecule has 0 spiro atoms. The lowest BCUT2D eigenvalue weighted by Gasteiger charge is -2.31. The minimum atomic E-state index is 0.0271. The standard InChI is InChI=1S/C19H21NO2/c1-3-22-17-12-5-4-11-16(17)19(21)20-13-7-10-15-9-6-8-14(2)18(15)20/h4-6,8-9,11-12H,3,7,10,13H2,1-2H3. The summed E-state index contributed by atoms with van der Waals surface area (Å²) in [6.45, 7) is 5.32. The molecule has 1 aliphatic rings. The summed E-state index contributed by atoms with van der Waals surface area (Å²) < 4.78 is 5.62. The fraction of sp³-hybridized carbons (Fsp3) is 0.316. The molecule has 0 aliphatic carbocycles. The van der Waals surface area contributed by atoms with Gasteiger partial charge in [0.2, 0.25) is 0 Å². The van der Waals surface area contributed by atoms with E-state index in [9.17, 15) is 4.79 Å². The zero-order valence-corrected chi connectivity index (χ0v) is 13.1. The van der Waals surface area contributed by atoms with Gasteiger partial charge in [-0.2, -0.15) is 0 Å². The first kappa shape index (κ1) is 14.6. The minimum Gasteiger partial charge on any atom is -0.493 e. The van der Waals surface area contributed by atoms with Crippen molar-refractivity contribution in [1.29, 1.82) is 0 Å². The lowest BCUT2D eigenvalue weighted by atomic mass is 9.97. The molecule has 0 bridgehead atoms. The van der Waals surface area contributed by atoms with E-state index in [1.54, 1.807) is 0 Å². The highest BCUT2D eigenvalue weighted by molar-refractivity contribution is 6.08. The number of rotatable bonds is 3. The summed E-state index contributed by atoms with van der Waals surface area (Å²) in [7, 11) is 0. The second kappa shape index (κ2) is 6.22. The molecule has 22 heavy (non-hydrogen) atoms. The summed E-state index contributed by atoms with van der Waals surface area (Å²) in [4.78, 5) is 15.0. The normalized spacial score (nSPS) is 13.6. The third-order valence-corrected chi connectivity index (χ3v) is 4.08. The van der Waals surface area contributed by atoms with E-state index < -0.39 is 0 Å². The van der Waals surface area contributed by atoms with Crippen molar-refractivity contribution < 1.29 is 9.53 Å². The molecule has 3 rings (SSSR count). The Labute approximate surface area is 131 Å². The molecule has 3 heteroatoms. The van der Waals surface area contributed by atoms with Crippen LogP contribution in [0, 0.1) is 6.92 Å². The van der Waals surface area contributed by atoms with Gasteiger partial charge in [0.1, 0.15) is 5.75 Å². The highest BCUT2D eigenvalue weighted by Crippen LogP contribution is 2.33. The number of fused-ring (bicyclic) bond motifs is 1. The number of ether oxygens (including phenoxy) is 1. The molecule has 1 amide bonds. The van der Waals surface area contributed by atoms with Crippen LogP contribution in [0.1, 0.15) is 34.8 Å². The molecule has 1 heterocycles. The number of amides is 1. The van der Waals surface area contributed by atoms with Crippen molar-refractivity contribution in [2.24, 2.45) is 0 Å². The van der Waals surface area contributed by atoms with E-state index in [0.29, 0.717) is 17.9 Å². The second-order valence-corrected chi connectivity index (χ2v) is 5.57. The molecule has 0 unspecified atom stereocenters. The number of carbonyl (C=O) groups excluding carboxylic acids is 1. The monoisotopic (exact) mass is 295 g/mol. The smallest absolute Gasteiger partial charge is 0.262 e. The van der Waals surface area contributed by atoms with Crippen molar-refractivity contribution in [3.63, 3.8) is 0 Å². The van der Waals surface area contributed by atoms with Gasteiger partial charge >= 0.3 is 0 Å². The van der Waals surface area contributed by atoms with Gasteiger partial charge in [0.25, 0.3) is 5.91 Å². The predicted molar refractivity (Wildman–Crippen MR) is 88.8 cm³/mol. The molecule has 2 aromatic rings. The molecule has 114 valence electrons. The Kier molecular flexibility index (Phi) is 4.14. The highest BCUT2D eigenvalue weighted by atomic mass is 16.5. The summed E-state index contributed by atoms with van der Waals surface area (Å²) in [5.74, 6) is 0.690. The van der Waals surface area contributed by atoms with Crippen LogP contribution in [0.2, 0.25) is 0 Å². The molecule has 3 nitrogen and oxygen atoms in total. The Hall–Kier alpha value is -2.29. The number of carbonyl (C=O) groups is 1. The summed E-state index contributed by atoms with van der Waals surface area (Å²) in [5.41, 5.74) is 4.12. The number of aryl methyl sites for hydroxylation is 2. The average Bonchev–Trinajstić information content (AvgIpc) is 2.55. The second-order valence-electron chi connectivity index (χ2n) is 5.57. The van der Waals surface area contributed by atoms with Crippen LogP contribution < -0.4 is 9.64 Å². The molecule has 0 N–H and O–H groups in total. The van der Waals surface area contributed by atoms with E-state index in [-0.39, 0.29) is 5.91 Å². The summed E-state index contributed by atoms with van der Waals surface area (Å²) in [5, 5.41) is 0. The molecule has 0 aromatic heterocycles. The third-order valence-electron chi connectivity index (χ3n) is 4.08. The first-order valence-electron chi connectivity index (χ1n) is 7.84. The Balaban J connectivity index is 2.02. The average molecular weight is 295 g/mol. The maximum absolute atomic E-state index is 13.1. The van der Waals surface area contributed by atoms with Crippen LogP contribution in [0.5, 0.6) is 5.75 Å². The van der Waals surface area contributed by atoms with Gasteiger partial charge in [0.05, 0.1) is 17.9 Å². The van der Waals surface area contributed by atoms with Crippen molar-refractivity contribution in [1.82, 2.24) is 0 Å². The van der Waals surface area contributed by atoms with Gasteiger partial charge < -0.3 is 9.64 Å². The molecule has 0 radical (unpaired) electrons. The van der Waals surface area contributed by atoms with Gasteiger partial charge in [0.15, 0.2) is 0 Å². The summed E-state index contributed by atoms with van der Waals surface area (Å²) >= 11 is 0. The zero-order chi connectivity index (χ0) is 15.5. The number of hydrogen-bond acceptors (Lipinski definition) is 2. The van der Waals surface area contributed by atoms with Crippen LogP contribution in [0.3, 0.4) is 0 Å². The molecule has 1 aliphatic heterocycles.